The van der Waals surface area contributed by atoms with Gasteiger partial charge in [0.15, 0.2) is 0 Å². The van der Waals surface area contributed by atoms with Gasteiger partial charge in [-0.15, -0.1) is 11.3 Å². The van der Waals surface area contributed by atoms with Gasteiger partial charge in [-0.1, -0.05) is 6.92 Å². The third-order valence-electron chi connectivity index (χ3n) is 4.14. The van der Waals surface area contributed by atoms with Gasteiger partial charge in [-0.25, -0.2) is 14.8 Å². The number of thiophene rings is 1. The monoisotopic (exact) mass is 333 g/mol. The van der Waals surface area contributed by atoms with Crippen molar-refractivity contribution in [1.82, 2.24) is 9.97 Å². The second kappa shape index (κ2) is 6.23. The summed E-state index contributed by atoms with van der Waals surface area (Å²) >= 11 is 1.33. The largest absolute Gasteiger partial charge is 0.462 e. The zero-order valence-electron chi connectivity index (χ0n) is 13.5. The fraction of sp³-hybridized carbons (Fsp3) is 0.500. The molecule has 0 aliphatic carbocycles. The van der Waals surface area contributed by atoms with Crippen LogP contribution in [-0.4, -0.2) is 41.4 Å². The highest BCUT2D eigenvalue weighted by Gasteiger charge is 2.28. The maximum absolute atomic E-state index is 12.1. The Kier molecular flexibility index (Phi) is 4.30. The fourth-order valence-electron chi connectivity index (χ4n) is 2.89. The number of piperidine rings is 1. The molecule has 0 bridgehead atoms. The van der Waals surface area contributed by atoms with Crippen LogP contribution < -0.4 is 4.90 Å². The van der Waals surface area contributed by atoms with Crippen molar-refractivity contribution in [3.05, 3.63) is 16.8 Å². The van der Waals surface area contributed by atoms with Crippen molar-refractivity contribution in [3.8, 4) is 0 Å². The van der Waals surface area contributed by atoms with Crippen molar-refractivity contribution < 1.29 is 14.3 Å². The van der Waals surface area contributed by atoms with Crippen LogP contribution in [0.15, 0.2) is 6.33 Å². The molecule has 23 heavy (non-hydrogen) atoms. The van der Waals surface area contributed by atoms with E-state index in [0.29, 0.717) is 36.8 Å². The first kappa shape index (κ1) is 15.9. The van der Waals surface area contributed by atoms with Gasteiger partial charge in [-0.3, -0.25) is 4.79 Å². The molecule has 0 spiro atoms. The summed E-state index contributed by atoms with van der Waals surface area (Å²) in [5.74, 6) is 0.776. The van der Waals surface area contributed by atoms with Gasteiger partial charge in [0.25, 0.3) is 0 Å². The van der Waals surface area contributed by atoms with E-state index in [4.69, 9.17) is 4.74 Å². The number of ketones is 1. The molecule has 1 aliphatic heterocycles. The van der Waals surface area contributed by atoms with Gasteiger partial charge in [0.1, 0.15) is 27.6 Å². The zero-order valence-corrected chi connectivity index (χ0v) is 14.3. The fourth-order valence-corrected chi connectivity index (χ4v) is 3.93. The number of rotatable bonds is 3. The number of carbonyl (C=O) groups is 2. The van der Waals surface area contributed by atoms with Crippen molar-refractivity contribution in [3.63, 3.8) is 0 Å². The van der Waals surface area contributed by atoms with Gasteiger partial charge in [0.05, 0.1) is 12.0 Å². The van der Waals surface area contributed by atoms with Gasteiger partial charge in [-0.05, 0) is 19.4 Å². The number of aromatic nitrogens is 2. The van der Waals surface area contributed by atoms with Crippen LogP contribution in [0.4, 0.5) is 5.82 Å². The predicted molar refractivity (Wildman–Crippen MR) is 89.1 cm³/mol. The molecule has 6 nitrogen and oxygen atoms in total. The summed E-state index contributed by atoms with van der Waals surface area (Å²) in [7, 11) is 0. The first-order valence-electron chi connectivity index (χ1n) is 7.71. The van der Waals surface area contributed by atoms with Crippen LogP contribution >= 0.6 is 11.3 Å². The van der Waals surface area contributed by atoms with Crippen LogP contribution in [0.5, 0.6) is 0 Å². The number of hydrogen-bond donors (Lipinski definition) is 0. The summed E-state index contributed by atoms with van der Waals surface area (Å²) in [6.45, 7) is 7.27. The number of esters is 1. The topological polar surface area (TPSA) is 72.4 Å². The third-order valence-corrected chi connectivity index (χ3v) is 5.32. The van der Waals surface area contributed by atoms with E-state index in [9.17, 15) is 9.59 Å². The standard InChI is InChI=1S/C16H19N3O3S/c1-4-22-16(21)13-10(3)12-14(17-8-18-15(12)23-13)19-6-5-11(20)9(2)7-19/h8-9H,4-7H2,1-3H3. The summed E-state index contributed by atoms with van der Waals surface area (Å²) < 4.78 is 5.12. The van der Waals surface area contributed by atoms with E-state index in [1.807, 2.05) is 13.8 Å². The van der Waals surface area contributed by atoms with Gasteiger partial charge in [0, 0.05) is 25.4 Å². The normalized spacial score (nSPS) is 18.5. The molecule has 1 unspecified atom stereocenters. The van der Waals surface area contributed by atoms with E-state index in [2.05, 4.69) is 14.9 Å². The van der Waals surface area contributed by atoms with E-state index in [1.54, 1.807) is 6.92 Å². The number of hydrogen-bond acceptors (Lipinski definition) is 7. The molecule has 1 atom stereocenters. The lowest BCUT2D eigenvalue weighted by Gasteiger charge is -2.31. The number of fused-ring (bicyclic) bond motifs is 1. The van der Waals surface area contributed by atoms with Gasteiger partial charge >= 0.3 is 5.97 Å². The minimum absolute atomic E-state index is 0.00256. The molecule has 1 aliphatic rings. The Morgan fingerprint density at radius 3 is 2.96 bits per heavy atom. The lowest BCUT2D eigenvalue weighted by atomic mass is 9.98. The van der Waals surface area contributed by atoms with Crippen LogP contribution in [0.3, 0.4) is 0 Å². The maximum atomic E-state index is 12.1. The molecule has 3 rings (SSSR count). The quantitative estimate of drug-likeness (QED) is 0.804. The molecule has 0 aromatic carbocycles. The summed E-state index contributed by atoms with van der Waals surface area (Å²) in [5.41, 5.74) is 0.851. The van der Waals surface area contributed by atoms with E-state index >= 15 is 0 Å². The van der Waals surface area contributed by atoms with E-state index < -0.39 is 0 Å². The highest BCUT2D eigenvalue weighted by atomic mass is 32.1. The Bertz CT molecular complexity index is 771. The number of aryl methyl sites for hydroxylation is 1. The molecular weight excluding hydrogens is 314 g/mol. The molecule has 122 valence electrons. The van der Waals surface area contributed by atoms with Gasteiger partial charge in [0.2, 0.25) is 0 Å². The Morgan fingerprint density at radius 2 is 2.26 bits per heavy atom. The van der Waals surface area contributed by atoms with Crippen LogP contribution in [-0.2, 0) is 9.53 Å². The summed E-state index contributed by atoms with van der Waals surface area (Å²) in [5, 5.41) is 0.891. The van der Waals surface area contributed by atoms with Crippen molar-refractivity contribution in [1.29, 1.82) is 0 Å². The molecule has 7 heteroatoms. The number of nitrogens with zero attached hydrogens (tertiary/aromatic N) is 3. The molecular formula is C16H19N3O3S. The molecule has 1 fully saturated rings. The van der Waals surface area contributed by atoms with E-state index in [1.165, 1.54) is 17.7 Å². The van der Waals surface area contributed by atoms with Crippen molar-refractivity contribution in [2.45, 2.75) is 27.2 Å². The number of anilines is 1. The van der Waals surface area contributed by atoms with Crippen molar-refractivity contribution >= 4 is 39.1 Å². The Hall–Kier alpha value is -2.02. The smallest absolute Gasteiger partial charge is 0.348 e. The van der Waals surface area contributed by atoms with E-state index in [-0.39, 0.29) is 11.9 Å². The number of ether oxygens (including phenoxy) is 1. The van der Waals surface area contributed by atoms with Crippen LogP contribution in [0.25, 0.3) is 10.2 Å². The molecule has 0 N–H and O–H groups in total. The predicted octanol–water partition coefficient (Wildman–Crippen LogP) is 2.59. The van der Waals surface area contributed by atoms with Crippen molar-refractivity contribution in [2.24, 2.45) is 5.92 Å². The molecule has 1 saturated heterocycles. The highest BCUT2D eigenvalue weighted by molar-refractivity contribution is 7.20. The third kappa shape index (κ3) is 2.81. The van der Waals surface area contributed by atoms with Crippen LogP contribution in [0.2, 0.25) is 0 Å². The van der Waals surface area contributed by atoms with Crippen molar-refractivity contribution in [2.75, 3.05) is 24.6 Å². The second-order valence-corrected chi connectivity index (χ2v) is 6.72. The van der Waals surface area contributed by atoms with Gasteiger partial charge < -0.3 is 9.64 Å². The van der Waals surface area contributed by atoms with Crippen LogP contribution in [0.1, 0.15) is 35.5 Å². The average molecular weight is 333 g/mol. The maximum Gasteiger partial charge on any atom is 0.348 e. The first-order valence-corrected chi connectivity index (χ1v) is 8.53. The molecule has 0 saturated carbocycles. The molecule has 3 heterocycles. The van der Waals surface area contributed by atoms with E-state index in [0.717, 1.165) is 21.6 Å². The first-order chi connectivity index (χ1) is 11.0. The Morgan fingerprint density at radius 1 is 1.48 bits per heavy atom. The van der Waals surface area contributed by atoms with Crippen LogP contribution in [0, 0.1) is 12.8 Å². The lowest BCUT2D eigenvalue weighted by molar-refractivity contribution is -0.122. The number of carbonyl (C=O) groups excluding carboxylic acids is 2. The Labute approximate surface area is 138 Å². The summed E-state index contributed by atoms with van der Waals surface area (Å²) in [4.78, 5) is 36.0. The molecule has 0 amide bonds. The Balaban J connectivity index is 2.05. The molecule has 0 radical (unpaired) electrons. The lowest BCUT2D eigenvalue weighted by Crippen LogP contribution is -2.40. The average Bonchev–Trinajstić information content (AvgIpc) is 2.88. The summed E-state index contributed by atoms with van der Waals surface area (Å²) in [6.07, 6.45) is 2.05. The SMILES string of the molecule is CCOC(=O)c1sc2ncnc(N3CCC(=O)C(C)C3)c2c1C. The molecule has 2 aromatic rings. The second-order valence-electron chi connectivity index (χ2n) is 5.72. The minimum atomic E-state index is -0.318. The molecule has 2 aromatic heterocycles. The zero-order chi connectivity index (χ0) is 16.6. The van der Waals surface area contributed by atoms with Gasteiger partial charge in [-0.2, -0.15) is 0 Å². The number of Topliss-reactive ketones (excluding diaryl/α,β-unsaturated/α-hetero) is 1. The minimum Gasteiger partial charge on any atom is -0.462 e. The summed E-state index contributed by atoms with van der Waals surface area (Å²) in [6, 6.07) is 0. The highest BCUT2D eigenvalue weighted by Crippen LogP contribution is 2.36.